The second-order valence-electron chi connectivity index (χ2n) is 5.94. The average Bonchev–Trinajstić information content (AvgIpc) is 2.63. The number of nitro groups is 1. The van der Waals surface area contributed by atoms with Gasteiger partial charge in [-0.05, 0) is 44.0 Å². The zero-order chi connectivity index (χ0) is 17.6. The van der Waals surface area contributed by atoms with E-state index in [-0.39, 0.29) is 16.7 Å². The smallest absolute Gasteiger partial charge is 0.333 e. The summed E-state index contributed by atoms with van der Waals surface area (Å²) in [5.41, 5.74) is 0.531. The SMILES string of the molecule is CCOc1cccc(NC2CCN(c3ccccn3)CC2)c1[N+](=O)[O-]. The lowest BCUT2D eigenvalue weighted by atomic mass is 10.0. The molecule has 25 heavy (non-hydrogen) atoms. The molecule has 2 heterocycles. The number of aromatic nitrogens is 1. The fourth-order valence-corrected chi connectivity index (χ4v) is 3.11. The second-order valence-corrected chi connectivity index (χ2v) is 5.94. The maximum atomic E-state index is 11.5. The molecule has 1 aromatic carbocycles. The van der Waals surface area contributed by atoms with Gasteiger partial charge in [0, 0.05) is 25.3 Å². The number of pyridine rings is 1. The number of benzene rings is 1. The van der Waals surface area contributed by atoms with Gasteiger partial charge in [0.1, 0.15) is 11.5 Å². The molecule has 1 fully saturated rings. The molecule has 7 nitrogen and oxygen atoms in total. The van der Waals surface area contributed by atoms with Crippen molar-refractivity contribution in [2.24, 2.45) is 0 Å². The molecule has 0 saturated carbocycles. The van der Waals surface area contributed by atoms with Crippen molar-refractivity contribution >= 4 is 17.2 Å². The Morgan fingerprint density at radius 1 is 1.28 bits per heavy atom. The van der Waals surface area contributed by atoms with Crippen LogP contribution in [0.4, 0.5) is 17.2 Å². The predicted molar refractivity (Wildman–Crippen MR) is 97.4 cm³/mol. The summed E-state index contributed by atoms with van der Waals surface area (Å²) in [5.74, 6) is 1.29. The van der Waals surface area contributed by atoms with Gasteiger partial charge in [-0.15, -0.1) is 0 Å². The van der Waals surface area contributed by atoms with Crippen molar-refractivity contribution in [1.82, 2.24) is 4.98 Å². The first kappa shape index (κ1) is 17.0. The number of anilines is 2. The Bertz CT molecular complexity index is 716. The third-order valence-electron chi connectivity index (χ3n) is 4.31. The molecular weight excluding hydrogens is 320 g/mol. The molecule has 132 valence electrons. The summed E-state index contributed by atoms with van der Waals surface area (Å²) in [6.45, 7) is 3.95. The van der Waals surface area contributed by atoms with E-state index in [1.807, 2.05) is 25.1 Å². The number of hydrogen-bond acceptors (Lipinski definition) is 6. The highest BCUT2D eigenvalue weighted by molar-refractivity contribution is 5.68. The van der Waals surface area contributed by atoms with Crippen molar-refractivity contribution < 1.29 is 9.66 Å². The number of rotatable bonds is 6. The maximum Gasteiger partial charge on any atom is 0.333 e. The first-order chi connectivity index (χ1) is 12.2. The van der Waals surface area contributed by atoms with E-state index in [1.54, 1.807) is 24.4 Å². The molecule has 0 bridgehead atoms. The van der Waals surface area contributed by atoms with E-state index in [0.717, 1.165) is 31.7 Å². The molecular formula is C18H22N4O3. The van der Waals surface area contributed by atoms with Gasteiger partial charge in [0.05, 0.1) is 11.5 Å². The van der Waals surface area contributed by atoms with Crippen LogP contribution in [0.15, 0.2) is 42.6 Å². The molecule has 0 radical (unpaired) electrons. The largest absolute Gasteiger partial charge is 0.487 e. The highest BCUT2D eigenvalue weighted by Crippen LogP contribution is 2.36. The molecule has 0 spiro atoms. The summed E-state index contributed by atoms with van der Waals surface area (Å²) in [6, 6.07) is 11.2. The molecule has 0 atom stereocenters. The monoisotopic (exact) mass is 342 g/mol. The number of ether oxygens (including phenoxy) is 1. The van der Waals surface area contributed by atoms with Crippen LogP contribution in [0.1, 0.15) is 19.8 Å². The van der Waals surface area contributed by atoms with Gasteiger partial charge in [0.15, 0.2) is 5.75 Å². The number of nitro benzene ring substituents is 1. The number of nitrogens with zero attached hydrogens (tertiary/aromatic N) is 3. The molecule has 0 aliphatic carbocycles. The summed E-state index contributed by atoms with van der Waals surface area (Å²) < 4.78 is 5.40. The summed E-state index contributed by atoms with van der Waals surface area (Å²) in [7, 11) is 0. The lowest BCUT2D eigenvalue weighted by molar-refractivity contribution is -0.385. The summed E-state index contributed by atoms with van der Waals surface area (Å²) in [5, 5.41) is 14.8. The van der Waals surface area contributed by atoms with E-state index in [0.29, 0.717) is 18.0 Å². The number of hydrogen-bond donors (Lipinski definition) is 1. The fraction of sp³-hybridized carbons (Fsp3) is 0.389. The molecule has 3 rings (SSSR count). The van der Waals surface area contributed by atoms with Crippen molar-refractivity contribution in [3.8, 4) is 5.75 Å². The van der Waals surface area contributed by atoms with E-state index in [2.05, 4.69) is 15.2 Å². The zero-order valence-electron chi connectivity index (χ0n) is 14.2. The van der Waals surface area contributed by atoms with Crippen LogP contribution < -0.4 is 15.0 Å². The quantitative estimate of drug-likeness (QED) is 0.639. The minimum atomic E-state index is -0.379. The van der Waals surface area contributed by atoms with Gasteiger partial charge < -0.3 is 15.0 Å². The Morgan fingerprint density at radius 2 is 2.08 bits per heavy atom. The molecule has 1 aromatic heterocycles. The van der Waals surface area contributed by atoms with Crippen LogP contribution in [0.2, 0.25) is 0 Å². The zero-order valence-corrected chi connectivity index (χ0v) is 14.2. The minimum Gasteiger partial charge on any atom is -0.487 e. The summed E-state index contributed by atoms with van der Waals surface area (Å²) in [4.78, 5) is 17.7. The summed E-state index contributed by atoms with van der Waals surface area (Å²) in [6.07, 6.45) is 3.58. The highest BCUT2D eigenvalue weighted by atomic mass is 16.6. The van der Waals surface area contributed by atoms with Crippen molar-refractivity contribution in [1.29, 1.82) is 0 Å². The van der Waals surface area contributed by atoms with Crippen LogP contribution in [0.5, 0.6) is 5.75 Å². The van der Waals surface area contributed by atoms with Gasteiger partial charge in [-0.25, -0.2) is 4.98 Å². The van der Waals surface area contributed by atoms with E-state index in [9.17, 15) is 10.1 Å². The first-order valence-electron chi connectivity index (χ1n) is 8.51. The van der Waals surface area contributed by atoms with Gasteiger partial charge in [0.25, 0.3) is 0 Å². The predicted octanol–water partition coefficient (Wildman–Crippen LogP) is 3.47. The van der Waals surface area contributed by atoms with E-state index < -0.39 is 0 Å². The molecule has 1 N–H and O–H groups in total. The van der Waals surface area contributed by atoms with E-state index in [1.165, 1.54) is 0 Å². The minimum absolute atomic E-state index is 0.0107. The first-order valence-corrected chi connectivity index (χ1v) is 8.51. The Labute approximate surface area is 146 Å². The van der Waals surface area contributed by atoms with Gasteiger partial charge in [-0.1, -0.05) is 12.1 Å². The van der Waals surface area contributed by atoms with Crippen molar-refractivity contribution in [3.63, 3.8) is 0 Å². The fourth-order valence-electron chi connectivity index (χ4n) is 3.11. The van der Waals surface area contributed by atoms with E-state index >= 15 is 0 Å². The van der Waals surface area contributed by atoms with Crippen molar-refractivity contribution in [3.05, 3.63) is 52.7 Å². The second kappa shape index (κ2) is 7.83. The Kier molecular flexibility index (Phi) is 5.33. The van der Waals surface area contributed by atoms with Crippen molar-refractivity contribution in [2.75, 3.05) is 29.9 Å². The van der Waals surface area contributed by atoms with Gasteiger partial charge in [0.2, 0.25) is 0 Å². The number of nitrogens with one attached hydrogen (secondary N) is 1. The van der Waals surface area contributed by atoms with E-state index in [4.69, 9.17) is 4.74 Å². The molecule has 7 heteroatoms. The van der Waals surface area contributed by atoms with Crippen LogP contribution in [-0.4, -0.2) is 35.6 Å². The van der Waals surface area contributed by atoms with Crippen LogP contribution >= 0.6 is 0 Å². The van der Waals surface area contributed by atoms with Crippen LogP contribution in [-0.2, 0) is 0 Å². The normalized spacial score (nSPS) is 15.0. The molecule has 2 aromatic rings. The Morgan fingerprint density at radius 3 is 2.72 bits per heavy atom. The summed E-state index contributed by atoms with van der Waals surface area (Å²) >= 11 is 0. The third kappa shape index (κ3) is 3.99. The maximum absolute atomic E-state index is 11.5. The molecule has 0 unspecified atom stereocenters. The average molecular weight is 342 g/mol. The van der Waals surface area contributed by atoms with Crippen LogP contribution in [0.3, 0.4) is 0 Å². The lowest BCUT2D eigenvalue weighted by Crippen LogP contribution is -2.39. The lowest BCUT2D eigenvalue weighted by Gasteiger charge is -2.33. The van der Waals surface area contributed by atoms with Gasteiger partial charge in [-0.3, -0.25) is 10.1 Å². The number of piperidine rings is 1. The highest BCUT2D eigenvalue weighted by Gasteiger charge is 2.25. The molecule has 0 amide bonds. The van der Waals surface area contributed by atoms with Gasteiger partial charge >= 0.3 is 5.69 Å². The Hall–Kier alpha value is -2.83. The third-order valence-corrected chi connectivity index (χ3v) is 4.31. The molecule has 1 aliphatic heterocycles. The van der Waals surface area contributed by atoms with Crippen LogP contribution in [0.25, 0.3) is 0 Å². The van der Waals surface area contributed by atoms with Crippen LogP contribution in [0, 0.1) is 10.1 Å². The number of para-hydroxylation sites is 1. The molecule has 1 saturated heterocycles. The topological polar surface area (TPSA) is 80.5 Å². The molecule has 1 aliphatic rings. The Balaban J connectivity index is 1.68. The van der Waals surface area contributed by atoms with Gasteiger partial charge in [-0.2, -0.15) is 0 Å². The standard InChI is InChI=1S/C18H22N4O3/c1-2-25-16-7-5-6-15(18(16)22(23)24)20-14-9-12-21(13-10-14)17-8-3-4-11-19-17/h3-8,11,14,20H,2,9-10,12-13H2,1H3. The van der Waals surface area contributed by atoms with Crippen molar-refractivity contribution in [2.45, 2.75) is 25.8 Å².